The van der Waals surface area contributed by atoms with Crippen LogP contribution in [0, 0.1) is 6.92 Å². The van der Waals surface area contributed by atoms with Gasteiger partial charge in [0.25, 0.3) is 0 Å². The SMILES string of the molecule is CC(=O)NCc1cccc(Nc2nccc(-c3sc(-c4cccs4)nc3C)n2)c1. The van der Waals surface area contributed by atoms with Crippen LogP contribution in [0.2, 0.25) is 0 Å². The second-order valence-corrected chi connectivity index (χ2v) is 8.36. The molecular formula is C21H19N5OS2. The first-order valence-corrected chi connectivity index (χ1v) is 10.7. The van der Waals surface area contributed by atoms with E-state index in [0.717, 1.165) is 37.4 Å². The fourth-order valence-electron chi connectivity index (χ4n) is 2.80. The number of carbonyl (C=O) groups is 1. The van der Waals surface area contributed by atoms with Gasteiger partial charge >= 0.3 is 0 Å². The van der Waals surface area contributed by atoms with E-state index in [-0.39, 0.29) is 5.91 Å². The number of thiophene rings is 1. The maximum atomic E-state index is 11.1. The Bertz CT molecular complexity index is 1140. The Morgan fingerprint density at radius 3 is 2.83 bits per heavy atom. The lowest BCUT2D eigenvalue weighted by Crippen LogP contribution is -2.18. The smallest absolute Gasteiger partial charge is 0.227 e. The Kier molecular flexibility index (Phi) is 5.64. The van der Waals surface area contributed by atoms with Crippen molar-refractivity contribution in [3.63, 3.8) is 0 Å². The molecular weight excluding hydrogens is 402 g/mol. The first kappa shape index (κ1) is 19.2. The van der Waals surface area contributed by atoms with E-state index in [2.05, 4.69) is 32.0 Å². The van der Waals surface area contributed by atoms with Gasteiger partial charge < -0.3 is 10.6 Å². The zero-order chi connectivity index (χ0) is 20.2. The average molecular weight is 422 g/mol. The summed E-state index contributed by atoms with van der Waals surface area (Å²) >= 11 is 3.32. The summed E-state index contributed by atoms with van der Waals surface area (Å²) in [6.07, 6.45) is 1.75. The normalized spacial score (nSPS) is 10.7. The molecule has 0 saturated carbocycles. The van der Waals surface area contributed by atoms with E-state index in [0.29, 0.717) is 12.5 Å². The van der Waals surface area contributed by atoms with Crippen LogP contribution < -0.4 is 10.6 Å². The number of hydrogen-bond acceptors (Lipinski definition) is 7. The standard InChI is InChI=1S/C21H19N5OS2/c1-13-19(29-20(24-13)18-7-4-10-28-18)17-8-9-22-21(26-17)25-16-6-3-5-15(11-16)12-23-14(2)27/h3-11H,12H2,1-2H3,(H,23,27)(H,22,25,26). The van der Waals surface area contributed by atoms with Crippen LogP contribution in [0.15, 0.2) is 54.0 Å². The minimum absolute atomic E-state index is 0.0544. The third kappa shape index (κ3) is 4.67. The molecule has 0 fully saturated rings. The van der Waals surface area contributed by atoms with Gasteiger partial charge in [0, 0.05) is 25.4 Å². The van der Waals surface area contributed by atoms with Crippen molar-refractivity contribution in [3.8, 4) is 20.5 Å². The average Bonchev–Trinajstić information content (AvgIpc) is 3.36. The van der Waals surface area contributed by atoms with E-state index in [9.17, 15) is 4.79 Å². The maximum Gasteiger partial charge on any atom is 0.227 e. The largest absolute Gasteiger partial charge is 0.352 e. The van der Waals surface area contributed by atoms with Gasteiger partial charge in [-0.3, -0.25) is 4.79 Å². The molecule has 3 heterocycles. The highest BCUT2D eigenvalue weighted by atomic mass is 32.1. The number of hydrogen-bond donors (Lipinski definition) is 2. The number of anilines is 2. The number of aryl methyl sites for hydroxylation is 1. The van der Waals surface area contributed by atoms with Gasteiger partial charge in [0.2, 0.25) is 11.9 Å². The quantitative estimate of drug-likeness (QED) is 0.457. The van der Waals surface area contributed by atoms with Gasteiger partial charge in [-0.15, -0.1) is 22.7 Å². The topological polar surface area (TPSA) is 79.8 Å². The van der Waals surface area contributed by atoms with E-state index in [1.807, 2.05) is 43.3 Å². The molecule has 29 heavy (non-hydrogen) atoms. The van der Waals surface area contributed by atoms with E-state index >= 15 is 0 Å². The molecule has 3 aromatic heterocycles. The van der Waals surface area contributed by atoms with E-state index in [1.54, 1.807) is 28.9 Å². The minimum Gasteiger partial charge on any atom is -0.352 e. The van der Waals surface area contributed by atoms with Crippen molar-refractivity contribution in [1.29, 1.82) is 0 Å². The highest BCUT2D eigenvalue weighted by Gasteiger charge is 2.14. The van der Waals surface area contributed by atoms with Gasteiger partial charge in [0.1, 0.15) is 5.01 Å². The molecule has 0 saturated heterocycles. The van der Waals surface area contributed by atoms with Crippen LogP contribution in [0.5, 0.6) is 0 Å². The summed E-state index contributed by atoms with van der Waals surface area (Å²) in [7, 11) is 0. The van der Waals surface area contributed by atoms with Crippen molar-refractivity contribution in [1.82, 2.24) is 20.3 Å². The van der Waals surface area contributed by atoms with Crippen molar-refractivity contribution in [2.45, 2.75) is 20.4 Å². The maximum absolute atomic E-state index is 11.1. The number of nitrogens with one attached hydrogen (secondary N) is 2. The summed E-state index contributed by atoms with van der Waals surface area (Å²) in [5.41, 5.74) is 3.67. The number of thiazole rings is 1. The third-order valence-corrected chi connectivity index (χ3v) is 6.36. The second kappa shape index (κ2) is 8.50. The van der Waals surface area contributed by atoms with Crippen LogP contribution in [0.1, 0.15) is 18.2 Å². The van der Waals surface area contributed by atoms with Gasteiger partial charge in [0.15, 0.2) is 0 Å². The summed E-state index contributed by atoms with van der Waals surface area (Å²) in [6, 6.07) is 13.8. The van der Waals surface area contributed by atoms with E-state index < -0.39 is 0 Å². The van der Waals surface area contributed by atoms with Gasteiger partial charge in [-0.05, 0) is 42.1 Å². The Balaban J connectivity index is 1.56. The lowest BCUT2D eigenvalue weighted by Gasteiger charge is -2.08. The highest BCUT2D eigenvalue weighted by molar-refractivity contribution is 7.23. The summed E-state index contributed by atoms with van der Waals surface area (Å²) in [6.45, 7) is 3.99. The molecule has 0 spiro atoms. The fourth-order valence-corrected chi connectivity index (χ4v) is 4.63. The number of benzene rings is 1. The summed E-state index contributed by atoms with van der Waals surface area (Å²) in [4.78, 5) is 27.0. The molecule has 0 bridgehead atoms. The molecule has 0 radical (unpaired) electrons. The first-order valence-electron chi connectivity index (χ1n) is 9.03. The molecule has 1 amide bonds. The van der Waals surface area contributed by atoms with Crippen LogP contribution >= 0.6 is 22.7 Å². The molecule has 4 rings (SSSR count). The van der Waals surface area contributed by atoms with Crippen molar-refractivity contribution in [2.75, 3.05) is 5.32 Å². The molecule has 0 aliphatic heterocycles. The monoisotopic (exact) mass is 421 g/mol. The Morgan fingerprint density at radius 1 is 1.14 bits per heavy atom. The molecule has 2 N–H and O–H groups in total. The molecule has 6 nitrogen and oxygen atoms in total. The molecule has 0 aliphatic rings. The molecule has 8 heteroatoms. The highest BCUT2D eigenvalue weighted by Crippen LogP contribution is 2.36. The number of aromatic nitrogens is 3. The number of carbonyl (C=O) groups excluding carboxylic acids is 1. The fraction of sp³-hybridized carbons (Fsp3) is 0.143. The predicted molar refractivity (Wildman–Crippen MR) is 118 cm³/mol. The third-order valence-electron chi connectivity index (χ3n) is 4.14. The zero-order valence-corrected chi connectivity index (χ0v) is 17.6. The molecule has 0 atom stereocenters. The van der Waals surface area contributed by atoms with Gasteiger partial charge in [-0.1, -0.05) is 18.2 Å². The lowest BCUT2D eigenvalue weighted by atomic mass is 10.2. The van der Waals surface area contributed by atoms with Crippen LogP contribution in [-0.2, 0) is 11.3 Å². The van der Waals surface area contributed by atoms with Crippen LogP contribution in [0.4, 0.5) is 11.6 Å². The molecule has 4 aromatic rings. The van der Waals surface area contributed by atoms with Crippen molar-refractivity contribution in [3.05, 3.63) is 65.3 Å². The number of amides is 1. The second-order valence-electron chi connectivity index (χ2n) is 6.41. The lowest BCUT2D eigenvalue weighted by molar-refractivity contribution is -0.119. The van der Waals surface area contributed by atoms with Gasteiger partial charge in [0.05, 0.1) is 21.1 Å². The molecule has 1 aromatic carbocycles. The number of nitrogens with zero attached hydrogens (tertiary/aromatic N) is 3. The van der Waals surface area contributed by atoms with Crippen LogP contribution in [-0.4, -0.2) is 20.9 Å². The Hall–Kier alpha value is -3.10. The van der Waals surface area contributed by atoms with Gasteiger partial charge in [-0.25, -0.2) is 15.0 Å². The van der Waals surface area contributed by atoms with Crippen molar-refractivity contribution >= 4 is 40.2 Å². The zero-order valence-electron chi connectivity index (χ0n) is 16.0. The summed E-state index contributed by atoms with van der Waals surface area (Å²) in [5, 5.41) is 9.11. The Morgan fingerprint density at radius 2 is 2.03 bits per heavy atom. The van der Waals surface area contributed by atoms with Crippen molar-refractivity contribution < 1.29 is 4.79 Å². The van der Waals surface area contributed by atoms with Crippen molar-refractivity contribution in [2.24, 2.45) is 0 Å². The molecule has 0 unspecified atom stereocenters. The predicted octanol–water partition coefficient (Wildman–Crippen LogP) is 5.02. The summed E-state index contributed by atoms with van der Waals surface area (Å²) in [5.74, 6) is 0.464. The van der Waals surface area contributed by atoms with E-state index in [1.165, 1.54) is 6.92 Å². The number of rotatable bonds is 6. The van der Waals surface area contributed by atoms with Crippen LogP contribution in [0.25, 0.3) is 20.5 Å². The Labute approximate surface area is 176 Å². The van der Waals surface area contributed by atoms with E-state index in [4.69, 9.17) is 4.98 Å². The van der Waals surface area contributed by atoms with Gasteiger partial charge in [-0.2, -0.15) is 0 Å². The van der Waals surface area contributed by atoms with Crippen LogP contribution in [0.3, 0.4) is 0 Å². The molecule has 0 aliphatic carbocycles. The summed E-state index contributed by atoms with van der Waals surface area (Å²) < 4.78 is 0. The molecule has 146 valence electrons. The first-order chi connectivity index (χ1) is 14.1. The minimum atomic E-state index is -0.0544.